The number of β-amino-alcohol motifs (C(OH)–C–C–N with tert-alkyl or cyclic N) is 1. The van der Waals surface area contributed by atoms with Crippen molar-refractivity contribution in [2.75, 3.05) is 6.54 Å². The number of thioether (sulfide) groups is 1. The lowest BCUT2D eigenvalue weighted by Gasteiger charge is -2.15. The zero-order valence-corrected chi connectivity index (χ0v) is 11.3. The van der Waals surface area contributed by atoms with Crippen molar-refractivity contribution < 1.29 is 9.63 Å². The average molecular weight is 257 g/mol. The molecule has 0 bridgehead atoms. The molecule has 1 aromatic rings. The molecule has 1 fully saturated rings. The lowest BCUT2D eigenvalue weighted by molar-refractivity contribution is 0.191. The highest BCUT2D eigenvalue weighted by molar-refractivity contribution is 7.99. The first-order valence-corrected chi connectivity index (χ1v) is 6.80. The summed E-state index contributed by atoms with van der Waals surface area (Å²) >= 11 is 1.79. The predicted molar refractivity (Wildman–Crippen MR) is 66.7 cm³/mol. The Hall–Kier alpha value is -0.590. The first-order chi connectivity index (χ1) is 7.94. The highest BCUT2D eigenvalue weighted by Gasteiger charge is 2.28. The van der Waals surface area contributed by atoms with E-state index in [2.05, 4.69) is 36.2 Å². The second kappa shape index (κ2) is 4.96. The fraction of sp³-hybridized carbons (Fsp3) is 0.818. The van der Waals surface area contributed by atoms with E-state index in [0.717, 1.165) is 11.6 Å². The Morgan fingerprint density at radius 3 is 2.88 bits per heavy atom. The van der Waals surface area contributed by atoms with E-state index >= 15 is 0 Å². The van der Waals surface area contributed by atoms with E-state index in [1.807, 2.05) is 0 Å². The van der Waals surface area contributed by atoms with Crippen molar-refractivity contribution in [2.45, 2.75) is 49.8 Å². The Balaban J connectivity index is 1.92. The largest absolute Gasteiger partial charge is 0.392 e. The van der Waals surface area contributed by atoms with Gasteiger partial charge >= 0.3 is 0 Å². The molecule has 2 N–H and O–H groups in total. The van der Waals surface area contributed by atoms with Gasteiger partial charge in [-0.15, -0.1) is 11.8 Å². The lowest BCUT2D eigenvalue weighted by Crippen LogP contribution is -2.15. The molecule has 0 radical (unpaired) electrons. The number of nitrogens with one attached hydrogen (secondary N) is 1. The number of aliphatic hydroxyl groups is 1. The molecule has 1 saturated heterocycles. The molecule has 2 heterocycles. The minimum atomic E-state index is -0.306. The molecule has 0 unspecified atom stereocenters. The van der Waals surface area contributed by atoms with E-state index in [1.165, 1.54) is 0 Å². The molecular formula is C11H19N3O2S. The van der Waals surface area contributed by atoms with Crippen LogP contribution >= 0.6 is 11.8 Å². The maximum absolute atomic E-state index is 9.42. The normalized spacial score (nSPS) is 25.4. The molecule has 5 nitrogen and oxygen atoms in total. The van der Waals surface area contributed by atoms with Gasteiger partial charge < -0.3 is 14.9 Å². The van der Waals surface area contributed by atoms with E-state index in [9.17, 15) is 5.11 Å². The zero-order chi connectivity index (χ0) is 12.5. The fourth-order valence-electron chi connectivity index (χ4n) is 1.65. The van der Waals surface area contributed by atoms with Gasteiger partial charge in [0.25, 0.3) is 0 Å². The van der Waals surface area contributed by atoms with Crippen LogP contribution in [0, 0.1) is 0 Å². The van der Waals surface area contributed by atoms with E-state index in [-0.39, 0.29) is 16.9 Å². The number of hydrogen-bond acceptors (Lipinski definition) is 6. The van der Waals surface area contributed by atoms with E-state index in [0.29, 0.717) is 18.9 Å². The first kappa shape index (κ1) is 12.9. The van der Waals surface area contributed by atoms with Gasteiger partial charge in [-0.25, -0.2) is 0 Å². The summed E-state index contributed by atoms with van der Waals surface area (Å²) in [4.78, 5) is 4.36. The molecule has 0 spiro atoms. The Kier molecular flexibility index (Phi) is 3.75. The molecule has 0 aliphatic carbocycles. The standard InChI is InChI=1S/C11H19N3O2S/c1-11(2,3)17-6-9-13-10(16-14-9)8-4-7(15)5-12-8/h7-8,12,15H,4-6H2,1-3H3/t7-,8-/m1/s1. The summed E-state index contributed by atoms with van der Waals surface area (Å²) in [6, 6.07) is 0.00545. The smallest absolute Gasteiger partial charge is 0.243 e. The second-order valence-electron chi connectivity index (χ2n) is 5.30. The quantitative estimate of drug-likeness (QED) is 0.855. The third-order valence-corrected chi connectivity index (χ3v) is 3.79. The van der Waals surface area contributed by atoms with Gasteiger partial charge in [0, 0.05) is 11.3 Å². The van der Waals surface area contributed by atoms with Crippen LogP contribution in [0.1, 0.15) is 44.9 Å². The van der Waals surface area contributed by atoms with Crippen molar-refractivity contribution in [3.05, 3.63) is 11.7 Å². The van der Waals surface area contributed by atoms with Crippen molar-refractivity contribution in [2.24, 2.45) is 0 Å². The van der Waals surface area contributed by atoms with Gasteiger partial charge in [0.05, 0.1) is 17.9 Å². The molecule has 96 valence electrons. The van der Waals surface area contributed by atoms with Crippen LogP contribution < -0.4 is 5.32 Å². The maximum atomic E-state index is 9.42. The van der Waals surface area contributed by atoms with Crippen LogP contribution in [0.2, 0.25) is 0 Å². The summed E-state index contributed by atoms with van der Waals surface area (Å²) in [7, 11) is 0. The molecule has 6 heteroatoms. The van der Waals surface area contributed by atoms with Gasteiger partial charge in [-0.05, 0) is 6.42 Å². The van der Waals surface area contributed by atoms with E-state index < -0.39 is 0 Å². The molecular weight excluding hydrogens is 238 g/mol. The highest BCUT2D eigenvalue weighted by Crippen LogP contribution is 2.27. The van der Waals surface area contributed by atoms with Gasteiger partial charge in [0.1, 0.15) is 0 Å². The summed E-state index contributed by atoms with van der Waals surface area (Å²) in [6.45, 7) is 7.08. The highest BCUT2D eigenvalue weighted by atomic mass is 32.2. The molecule has 2 rings (SSSR count). The predicted octanol–water partition coefficient (Wildman–Crippen LogP) is 1.50. The molecule has 0 amide bonds. The van der Waals surface area contributed by atoms with Crippen molar-refractivity contribution in [3.63, 3.8) is 0 Å². The van der Waals surface area contributed by atoms with E-state index in [1.54, 1.807) is 11.8 Å². The van der Waals surface area contributed by atoms with Gasteiger partial charge in [0.15, 0.2) is 5.82 Å². The van der Waals surface area contributed by atoms with Gasteiger partial charge in [0.2, 0.25) is 5.89 Å². The molecule has 0 saturated carbocycles. The molecule has 0 aromatic carbocycles. The van der Waals surface area contributed by atoms with Crippen molar-refractivity contribution in [1.82, 2.24) is 15.5 Å². The molecule has 1 aromatic heterocycles. The van der Waals surface area contributed by atoms with Crippen LogP contribution in [0.4, 0.5) is 0 Å². The van der Waals surface area contributed by atoms with Crippen LogP contribution in [0.25, 0.3) is 0 Å². The number of aromatic nitrogens is 2. The summed E-state index contributed by atoms with van der Waals surface area (Å²) < 4.78 is 5.41. The topological polar surface area (TPSA) is 71.2 Å². The van der Waals surface area contributed by atoms with Gasteiger partial charge in [-0.2, -0.15) is 4.98 Å². The molecule has 2 atom stereocenters. The van der Waals surface area contributed by atoms with Crippen LogP contribution in [-0.4, -0.2) is 32.6 Å². The van der Waals surface area contributed by atoms with Crippen LogP contribution in [0.15, 0.2) is 4.52 Å². The molecule has 1 aliphatic heterocycles. The summed E-state index contributed by atoms with van der Waals surface area (Å²) in [5, 5.41) is 16.5. The Labute approximate surface area is 105 Å². The second-order valence-corrected chi connectivity index (χ2v) is 7.10. The number of aliphatic hydroxyl groups excluding tert-OH is 1. The summed E-state index contributed by atoms with van der Waals surface area (Å²) in [6.07, 6.45) is 0.341. The van der Waals surface area contributed by atoms with Crippen LogP contribution in [0.5, 0.6) is 0 Å². The summed E-state index contributed by atoms with van der Waals surface area (Å²) in [5.41, 5.74) is 0. The number of hydrogen-bond donors (Lipinski definition) is 2. The zero-order valence-electron chi connectivity index (χ0n) is 10.4. The van der Waals surface area contributed by atoms with Crippen molar-refractivity contribution in [1.29, 1.82) is 0 Å². The average Bonchev–Trinajstić information content (AvgIpc) is 2.81. The summed E-state index contributed by atoms with van der Waals surface area (Å²) in [5.74, 6) is 2.07. The number of nitrogens with zero attached hydrogens (tertiary/aromatic N) is 2. The van der Waals surface area contributed by atoms with Crippen LogP contribution in [-0.2, 0) is 5.75 Å². The number of rotatable bonds is 3. The Morgan fingerprint density at radius 1 is 1.53 bits per heavy atom. The third kappa shape index (κ3) is 3.69. The van der Waals surface area contributed by atoms with E-state index in [4.69, 9.17) is 4.52 Å². The Bertz CT molecular complexity index is 375. The maximum Gasteiger partial charge on any atom is 0.243 e. The van der Waals surface area contributed by atoms with Crippen molar-refractivity contribution in [3.8, 4) is 0 Å². The first-order valence-electron chi connectivity index (χ1n) is 5.82. The molecule has 1 aliphatic rings. The minimum Gasteiger partial charge on any atom is -0.392 e. The molecule has 17 heavy (non-hydrogen) atoms. The Morgan fingerprint density at radius 2 is 2.29 bits per heavy atom. The van der Waals surface area contributed by atoms with Gasteiger partial charge in [-0.3, -0.25) is 0 Å². The lowest BCUT2D eigenvalue weighted by atomic mass is 10.2. The van der Waals surface area contributed by atoms with Crippen LogP contribution in [0.3, 0.4) is 0 Å². The van der Waals surface area contributed by atoms with Gasteiger partial charge in [-0.1, -0.05) is 25.9 Å². The third-order valence-electron chi connectivity index (χ3n) is 2.52. The van der Waals surface area contributed by atoms with Crippen molar-refractivity contribution >= 4 is 11.8 Å². The monoisotopic (exact) mass is 257 g/mol. The fourth-order valence-corrected chi connectivity index (χ4v) is 2.33. The SMILES string of the molecule is CC(C)(C)SCc1noc([C@H]2C[C@@H](O)CN2)n1. The minimum absolute atomic E-state index is 0.00545.